The first kappa shape index (κ1) is 42.9. The van der Waals surface area contributed by atoms with Gasteiger partial charge in [0.15, 0.2) is 0 Å². The number of nitrogens with zero attached hydrogens (tertiary/aromatic N) is 4. The summed E-state index contributed by atoms with van der Waals surface area (Å²) in [6, 6.07) is 36.4. The minimum atomic E-state index is -4.34. The van der Waals surface area contributed by atoms with Gasteiger partial charge in [-0.1, -0.05) is 83.1 Å². The van der Waals surface area contributed by atoms with Crippen LogP contribution in [0, 0.1) is 22.7 Å². The molecule has 0 saturated heterocycles. The van der Waals surface area contributed by atoms with Crippen LogP contribution in [-0.2, 0) is 32.8 Å². The van der Waals surface area contributed by atoms with Crippen LogP contribution in [0.25, 0.3) is 0 Å². The predicted octanol–water partition coefficient (Wildman–Crippen LogP) is 8.11. The molecule has 0 bridgehead atoms. The van der Waals surface area contributed by atoms with Gasteiger partial charge in [-0.3, -0.25) is 4.62 Å². The third-order valence-corrected chi connectivity index (χ3v) is 7.74. The van der Waals surface area contributed by atoms with Crippen molar-refractivity contribution in [3.8, 4) is 35.1 Å². The summed E-state index contributed by atoms with van der Waals surface area (Å²) in [5.74, 6) is -0.731. The fourth-order valence-electron chi connectivity index (χ4n) is 3.21. The van der Waals surface area contributed by atoms with Crippen LogP contribution in [0.3, 0.4) is 0 Å². The molecule has 0 fully saturated rings. The molecular weight excluding hydrogens is 754 g/mol. The van der Waals surface area contributed by atoms with Gasteiger partial charge in [-0.2, -0.15) is 15.1 Å². The highest BCUT2D eigenvalue weighted by Crippen LogP contribution is 2.53. The van der Waals surface area contributed by atoms with E-state index in [0.29, 0.717) is 11.5 Å². The Kier molecular flexibility index (Phi) is 18.8. The molecule has 0 unspecified atom stereocenters. The lowest BCUT2D eigenvalue weighted by Crippen LogP contribution is -2.16. The lowest BCUT2D eigenvalue weighted by Gasteiger charge is -2.16. The summed E-state index contributed by atoms with van der Waals surface area (Å²) in [6.07, 6.45) is 0. The number of carbonyl (C=O) groups is 2. The number of carbonyl (C=O) groups excluding carboxylic acids is 2. The van der Waals surface area contributed by atoms with Crippen molar-refractivity contribution < 1.29 is 56.1 Å². The number of benzene rings is 4. The maximum absolute atomic E-state index is 12.9. The van der Waals surface area contributed by atoms with Gasteiger partial charge in [-0.25, -0.2) is 14.2 Å². The van der Waals surface area contributed by atoms with Crippen molar-refractivity contribution in [1.82, 2.24) is 0 Å². The summed E-state index contributed by atoms with van der Waals surface area (Å²) in [5, 5.41) is 30.7. The summed E-state index contributed by atoms with van der Waals surface area (Å²) in [4.78, 5) is 22.1. The first-order chi connectivity index (χ1) is 25.5. The molecule has 1 N–H and O–H groups in total. The van der Waals surface area contributed by atoms with Gasteiger partial charge >= 0.3 is 26.7 Å². The minimum Gasteiger partial charge on any atom is -0.461 e. The molecule has 0 radical (unpaired) electrons. The SMILES string of the molecule is CCOC(=O)/C(C#N)=N/O.CCOC(=O)/C(C#N)=N/OP(=O)(Oc1ccccc1)Oc1ccccc1.O=P(Cl)(Oc1ccccc1)Oc1ccccc1. The smallest absolute Gasteiger partial charge is 0.461 e. The first-order valence-electron chi connectivity index (χ1n) is 15.0. The maximum Gasteiger partial charge on any atom is 0.668 e. The normalized spacial score (nSPS) is 10.9. The Morgan fingerprint density at radius 1 is 0.623 bits per heavy atom. The molecule has 0 saturated carbocycles. The molecule has 0 aliphatic heterocycles. The van der Waals surface area contributed by atoms with Crippen LogP contribution in [0.5, 0.6) is 23.0 Å². The Morgan fingerprint density at radius 3 is 1.25 bits per heavy atom. The fraction of sp³-hybridized carbons (Fsp3) is 0.118. The number of phosphoric acid groups is 1. The van der Waals surface area contributed by atoms with Gasteiger partial charge < -0.3 is 32.8 Å². The minimum absolute atomic E-state index is 0.0399. The van der Waals surface area contributed by atoms with Crippen LogP contribution < -0.4 is 18.1 Å². The quantitative estimate of drug-likeness (QED) is 0.0419. The molecule has 0 aliphatic carbocycles. The first-order valence-corrected chi connectivity index (χ1v) is 18.9. The molecule has 0 aliphatic rings. The summed E-state index contributed by atoms with van der Waals surface area (Å²) < 4.78 is 59.4. The Labute approximate surface area is 309 Å². The Bertz CT molecular complexity index is 1890. The van der Waals surface area contributed by atoms with Gasteiger partial charge in [0.2, 0.25) is 0 Å². The molecule has 4 aromatic carbocycles. The predicted molar refractivity (Wildman–Crippen MR) is 192 cm³/mol. The molecule has 0 aromatic heterocycles. The lowest BCUT2D eigenvalue weighted by molar-refractivity contribution is -0.135. The van der Waals surface area contributed by atoms with E-state index in [1.165, 1.54) is 36.4 Å². The third kappa shape index (κ3) is 17.0. The van der Waals surface area contributed by atoms with Crippen LogP contribution in [0.15, 0.2) is 132 Å². The van der Waals surface area contributed by atoms with Crippen molar-refractivity contribution in [2.24, 2.45) is 10.3 Å². The number of nitriles is 2. The summed E-state index contributed by atoms with van der Waals surface area (Å²) >= 11 is 5.72. The molecule has 4 rings (SSSR count). The second-order valence-electron chi connectivity index (χ2n) is 9.13. The van der Waals surface area contributed by atoms with E-state index in [1.54, 1.807) is 98.8 Å². The standard InChI is InChI=1S/C17H15N2O6P.C12H10ClO3P.C5H6N2O3/c1-2-22-17(20)16(13-18)19-25-26(21,23-14-9-5-3-6-10-14)24-15-11-7-4-8-12-15;13-17(14,15-11-7-3-1-4-8-11)16-12-9-5-2-6-10-12;1-2-10-5(8)4(3-6)7-9/h3-12H,2H2,1H3;1-10H;9H,2H2,1H3/b19-16+;;7-4+. The van der Waals surface area contributed by atoms with Crippen LogP contribution in [0.2, 0.25) is 0 Å². The number of hydrogen-bond acceptors (Lipinski definition) is 16. The number of phosphoric ester groups is 1. The molecule has 0 spiro atoms. The van der Waals surface area contributed by atoms with E-state index in [0.717, 1.165) is 0 Å². The van der Waals surface area contributed by atoms with Crippen molar-refractivity contribution in [3.05, 3.63) is 121 Å². The zero-order chi connectivity index (χ0) is 39.0. The van der Waals surface area contributed by atoms with Crippen molar-refractivity contribution in [2.45, 2.75) is 13.8 Å². The van der Waals surface area contributed by atoms with E-state index in [9.17, 15) is 18.7 Å². The molecule has 53 heavy (non-hydrogen) atoms. The number of hydrogen-bond donors (Lipinski definition) is 1. The molecule has 0 atom stereocenters. The monoisotopic (exact) mass is 784 g/mol. The van der Waals surface area contributed by atoms with Gasteiger partial charge in [0, 0.05) is 11.2 Å². The van der Waals surface area contributed by atoms with E-state index in [-0.39, 0.29) is 24.7 Å². The van der Waals surface area contributed by atoms with Crippen LogP contribution >= 0.6 is 26.0 Å². The molecule has 4 aromatic rings. The highest BCUT2D eigenvalue weighted by atomic mass is 35.7. The highest BCUT2D eigenvalue weighted by molar-refractivity contribution is 7.82. The van der Waals surface area contributed by atoms with Gasteiger partial charge in [-0.15, -0.1) is 0 Å². The number of para-hydroxylation sites is 4. The molecule has 16 nitrogen and oxygen atoms in total. The largest absolute Gasteiger partial charge is 0.668 e. The lowest BCUT2D eigenvalue weighted by atomic mass is 10.3. The van der Waals surface area contributed by atoms with Crippen LogP contribution in [0.4, 0.5) is 0 Å². The summed E-state index contributed by atoms with van der Waals surface area (Å²) in [6.45, 7) is -0.319. The van der Waals surface area contributed by atoms with E-state index in [2.05, 4.69) is 19.8 Å². The number of rotatable bonds is 14. The average Bonchev–Trinajstić information content (AvgIpc) is 3.14. The molecule has 19 heteroatoms. The average molecular weight is 785 g/mol. The van der Waals surface area contributed by atoms with Gasteiger partial charge in [-0.05, 0) is 62.4 Å². The number of oxime groups is 2. The van der Waals surface area contributed by atoms with Crippen LogP contribution in [-0.4, -0.2) is 41.8 Å². The molecule has 0 heterocycles. The Hall–Kier alpha value is -6.31. The Morgan fingerprint density at radius 2 is 0.943 bits per heavy atom. The van der Waals surface area contributed by atoms with Crippen molar-refractivity contribution in [2.75, 3.05) is 13.2 Å². The highest BCUT2D eigenvalue weighted by Gasteiger charge is 2.34. The van der Waals surface area contributed by atoms with Gasteiger partial charge in [0.25, 0.3) is 11.4 Å². The second kappa shape index (κ2) is 23.2. The van der Waals surface area contributed by atoms with E-state index in [1.807, 2.05) is 12.1 Å². The van der Waals surface area contributed by atoms with E-state index < -0.39 is 38.1 Å². The number of esters is 2. The number of halogens is 1. The maximum atomic E-state index is 12.9. The van der Waals surface area contributed by atoms with Crippen molar-refractivity contribution in [3.63, 3.8) is 0 Å². The molecular formula is C34H31ClN4O12P2. The molecule has 0 amide bonds. The molecule has 276 valence electrons. The zero-order valence-electron chi connectivity index (χ0n) is 28.0. The topological polar surface area (TPSA) is 225 Å². The van der Waals surface area contributed by atoms with Gasteiger partial charge in [0.05, 0.1) is 13.2 Å². The van der Waals surface area contributed by atoms with Gasteiger partial charge in [0.1, 0.15) is 35.1 Å². The number of ether oxygens (including phenoxy) is 2. The van der Waals surface area contributed by atoms with E-state index in [4.69, 9.17) is 49.7 Å². The van der Waals surface area contributed by atoms with E-state index >= 15 is 0 Å². The second-order valence-corrected chi connectivity index (χ2v) is 13.0. The van der Waals surface area contributed by atoms with Crippen molar-refractivity contribution in [1.29, 1.82) is 10.5 Å². The van der Waals surface area contributed by atoms with Crippen LogP contribution in [0.1, 0.15) is 13.8 Å². The summed E-state index contributed by atoms with van der Waals surface area (Å²) in [7, 11) is -4.34. The summed E-state index contributed by atoms with van der Waals surface area (Å²) in [5.41, 5.74) is -1.36. The third-order valence-electron chi connectivity index (χ3n) is 5.32. The zero-order valence-corrected chi connectivity index (χ0v) is 30.5. The van der Waals surface area contributed by atoms with Crippen molar-refractivity contribution >= 4 is 49.4 Å². The Balaban J connectivity index is 0.000000308. The fourth-order valence-corrected chi connectivity index (χ4v) is 5.52.